The van der Waals surface area contributed by atoms with Gasteiger partial charge in [0.05, 0.1) is 18.5 Å². The predicted octanol–water partition coefficient (Wildman–Crippen LogP) is 5.64. The first kappa shape index (κ1) is 29.8. The molecule has 0 aliphatic carbocycles. The lowest BCUT2D eigenvalue weighted by atomic mass is 9.76. The minimum absolute atomic E-state index is 0.120. The Morgan fingerprint density at radius 3 is 2.50 bits per heavy atom. The SMILES string of the molecule is CN(Cc1ccncc1N1CCC(=O)NC1=O)C1CCN(c2ccc(C3c4ccc(O)cc4OCC3c3ccccc3)cc2)CC1. The molecule has 1 aromatic heterocycles. The average Bonchev–Trinajstić information content (AvgIpc) is 3.09. The van der Waals surface area contributed by atoms with Crippen molar-refractivity contribution < 1.29 is 19.4 Å². The summed E-state index contributed by atoms with van der Waals surface area (Å²) >= 11 is 0. The van der Waals surface area contributed by atoms with Gasteiger partial charge in [-0.2, -0.15) is 0 Å². The number of ether oxygens (including phenoxy) is 1. The molecule has 46 heavy (non-hydrogen) atoms. The number of hydrogen-bond acceptors (Lipinski definition) is 7. The van der Waals surface area contributed by atoms with E-state index in [1.54, 1.807) is 29.4 Å². The van der Waals surface area contributed by atoms with Crippen LogP contribution in [0.25, 0.3) is 0 Å². The number of carbonyl (C=O) groups is 2. The highest BCUT2D eigenvalue weighted by Gasteiger charge is 2.34. The van der Waals surface area contributed by atoms with Crippen LogP contribution in [0.2, 0.25) is 0 Å². The maximum Gasteiger partial charge on any atom is 0.328 e. The van der Waals surface area contributed by atoms with Gasteiger partial charge in [-0.3, -0.25) is 24.9 Å². The standard InChI is InChI=1S/C37H39N5O4/c1-40(23-27-13-17-38-22-33(27)42-20-16-35(44)39-37(42)45)28-14-18-41(19-15-28)29-9-7-26(8-10-29)36-31-12-11-30(43)21-34(31)46-24-32(36)25-5-3-2-4-6-25/h2-13,17,21-22,28,32,36,43H,14-16,18-20,23-24H2,1H3,(H,39,44,45). The van der Waals surface area contributed by atoms with Gasteiger partial charge in [0.2, 0.25) is 5.91 Å². The van der Waals surface area contributed by atoms with Crippen molar-refractivity contribution >= 4 is 23.3 Å². The van der Waals surface area contributed by atoms with Crippen LogP contribution in [0.4, 0.5) is 16.2 Å². The maximum atomic E-state index is 12.5. The van der Waals surface area contributed by atoms with Gasteiger partial charge in [-0.25, -0.2) is 4.79 Å². The van der Waals surface area contributed by atoms with E-state index in [9.17, 15) is 14.7 Å². The van der Waals surface area contributed by atoms with E-state index in [0.29, 0.717) is 25.7 Å². The van der Waals surface area contributed by atoms with Crippen molar-refractivity contribution in [1.29, 1.82) is 0 Å². The summed E-state index contributed by atoms with van der Waals surface area (Å²) in [4.78, 5) is 34.9. The lowest BCUT2D eigenvalue weighted by Crippen LogP contribution is -2.50. The van der Waals surface area contributed by atoms with Gasteiger partial charge in [0, 0.05) is 74.0 Å². The number of nitrogens with zero attached hydrogens (tertiary/aromatic N) is 4. The number of phenols is 1. The van der Waals surface area contributed by atoms with Crippen molar-refractivity contribution in [3.05, 3.63) is 114 Å². The molecule has 236 valence electrons. The Hall–Kier alpha value is -4.89. The summed E-state index contributed by atoms with van der Waals surface area (Å²) in [5.74, 6) is 1.02. The molecule has 0 bridgehead atoms. The number of pyridine rings is 1. The Morgan fingerprint density at radius 2 is 1.74 bits per heavy atom. The number of anilines is 2. The third-order valence-electron chi connectivity index (χ3n) is 9.74. The molecule has 9 nitrogen and oxygen atoms in total. The molecule has 7 rings (SSSR count). The quantitative estimate of drug-likeness (QED) is 0.277. The number of phenolic OH excluding ortho intramolecular Hbond substituents is 1. The number of carbonyl (C=O) groups excluding carboxylic acids is 2. The summed E-state index contributed by atoms with van der Waals surface area (Å²) < 4.78 is 6.15. The fourth-order valence-corrected chi connectivity index (χ4v) is 7.24. The maximum absolute atomic E-state index is 12.5. The van der Waals surface area contributed by atoms with Crippen LogP contribution >= 0.6 is 0 Å². The van der Waals surface area contributed by atoms with E-state index >= 15 is 0 Å². The molecule has 3 aliphatic rings. The second kappa shape index (κ2) is 12.8. The Labute approximate surface area is 269 Å². The van der Waals surface area contributed by atoms with E-state index in [0.717, 1.165) is 48.5 Å². The van der Waals surface area contributed by atoms with Crippen LogP contribution in [0.15, 0.2) is 91.3 Å². The van der Waals surface area contributed by atoms with E-state index in [-0.39, 0.29) is 35.9 Å². The zero-order valence-corrected chi connectivity index (χ0v) is 26.0. The molecule has 0 saturated carbocycles. The summed E-state index contributed by atoms with van der Waals surface area (Å²) in [6.45, 7) is 3.53. The summed E-state index contributed by atoms with van der Waals surface area (Å²) in [5, 5.41) is 12.5. The second-order valence-electron chi connectivity index (χ2n) is 12.5. The highest BCUT2D eigenvalue weighted by atomic mass is 16.5. The van der Waals surface area contributed by atoms with E-state index in [1.165, 1.54) is 16.8 Å². The number of fused-ring (bicyclic) bond motifs is 1. The molecule has 3 amide bonds. The molecule has 0 radical (unpaired) electrons. The van der Waals surface area contributed by atoms with Gasteiger partial charge in [0.15, 0.2) is 0 Å². The van der Waals surface area contributed by atoms with Crippen molar-refractivity contribution in [3.63, 3.8) is 0 Å². The van der Waals surface area contributed by atoms with Gasteiger partial charge in [-0.1, -0.05) is 48.5 Å². The number of amides is 3. The van der Waals surface area contributed by atoms with E-state index in [1.807, 2.05) is 18.2 Å². The van der Waals surface area contributed by atoms with Gasteiger partial charge in [-0.05, 0) is 60.8 Å². The van der Waals surface area contributed by atoms with Crippen LogP contribution < -0.4 is 19.9 Å². The lowest BCUT2D eigenvalue weighted by molar-refractivity contribution is -0.120. The molecule has 2 atom stereocenters. The Balaban J connectivity index is 1.02. The van der Waals surface area contributed by atoms with Crippen LogP contribution in [0, 0.1) is 0 Å². The molecular weight excluding hydrogens is 578 g/mol. The van der Waals surface area contributed by atoms with Gasteiger partial charge in [-0.15, -0.1) is 0 Å². The molecule has 2 N–H and O–H groups in total. The van der Waals surface area contributed by atoms with Gasteiger partial charge < -0.3 is 14.7 Å². The lowest BCUT2D eigenvalue weighted by Gasteiger charge is -2.39. The van der Waals surface area contributed by atoms with Gasteiger partial charge >= 0.3 is 6.03 Å². The largest absolute Gasteiger partial charge is 0.508 e. The Bertz CT molecular complexity index is 1700. The molecule has 9 heteroatoms. The van der Waals surface area contributed by atoms with Crippen LogP contribution in [0.3, 0.4) is 0 Å². The summed E-state index contributed by atoms with van der Waals surface area (Å²) in [7, 11) is 2.15. The van der Waals surface area contributed by atoms with Crippen LogP contribution in [0.1, 0.15) is 53.4 Å². The molecule has 4 heterocycles. The van der Waals surface area contributed by atoms with E-state index in [2.05, 4.69) is 75.7 Å². The fraction of sp³-hybridized carbons (Fsp3) is 0.324. The third-order valence-corrected chi connectivity index (χ3v) is 9.74. The van der Waals surface area contributed by atoms with Crippen molar-refractivity contribution in [1.82, 2.24) is 15.2 Å². The minimum atomic E-state index is -0.386. The van der Waals surface area contributed by atoms with E-state index < -0.39 is 0 Å². The molecular formula is C37H39N5O4. The number of urea groups is 1. The predicted molar refractivity (Wildman–Crippen MR) is 178 cm³/mol. The summed E-state index contributed by atoms with van der Waals surface area (Å²) in [5.41, 5.74) is 6.59. The van der Waals surface area contributed by atoms with Crippen molar-refractivity contribution in [3.8, 4) is 11.5 Å². The molecule has 2 saturated heterocycles. The smallest absolute Gasteiger partial charge is 0.328 e. The summed E-state index contributed by atoms with van der Waals surface area (Å²) in [6.07, 6.45) is 5.83. The monoisotopic (exact) mass is 617 g/mol. The Morgan fingerprint density at radius 1 is 0.957 bits per heavy atom. The van der Waals surface area contributed by atoms with Crippen LogP contribution in [-0.2, 0) is 11.3 Å². The molecule has 0 spiro atoms. The first-order valence-corrected chi connectivity index (χ1v) is 16.0. The zero-order chi connectivity index (χ0) is 31.6. The number of piperidine rings is 1. The number of nitrogens with one attached hydrogen (secondary N) is 1. The molecule has 4 aromatic rings. The first-order valence-electron chi connectivity index (χ1n) is 16.0. The number of hydrogen-bond donors (Lipinski definition) is 2. The topological polar surface area (TPSA) is 98.2 Å². The van der Waals surface area contributed by atoms with Gasteiger partial charge in [0.25, 0.3) is 0 Å². The molecule has 3 aliphatic heterocycles. The number of aromatic hydroxyl groups is 1. The number of rotatable bonds is 7. The molecule has 3 aromatic carbocycles. The highest BCUT2D eigenvalue weighted by molar-refractivity contribution is 6.05. The zero-order valence-electron chi connectivity index (χ0n) is 26.0. The van der Waals surface area contributed by atoms with Crippen LogP contribution in [0.5, 0.6) is 11.5 Å². The highest BCUT2D eigenvalue weighted by Crippen LogP contribution is 2.47. The van der Waals surface area contributed by atoms with Crippen molar-refractivity contribution in [2.75, 3.05) is 43.1 Å². The minimum Gasteiger partial charge on any atom is -0.508 e. The Kier molecular flexibility index (Phi) is 8.32. The molecule has 2 fully saturated rings. The fourth-order valence-electron chi connectivity index (χ4n) is 7.24. The normalized spacial score (nSPS) is 20.3. The third kappa shape index (κ3) is 6.02. The van der Waals surface area contributed by atoms with E-state index in [4.69, 9.17) is 4.74 Å². The average molecular weight is 618 g/mol. The first-order chi connectivity index (χ1) is 22.4. The summed E-state index contributed by atoms with van der Waals surface area (Å²) in [6, 6.07) is 27.0. The number of benzene rings is 3. The molecule has 2 unspecified atom stereocenters. The van der Waals surface area contributed by atoms with Crippen molar-refractivity contribution in [2.24, 2.45) is 0 Å². The van der Waals surface area contributed by atoms with Gasteiger partial charge in [0.1, 0.15) is 11.5 Å². The van der Waals surface area contributed by atoms with Crippen LogP contribution in [-0.4, -0.2) is 66.3 Å². The second-order valence-corrected chi connectivity index (χ2v) is 12.5. The van der Waals surface area contributed by atoms with Crippen molar-refractivity contribution in [2.45, 2.75) is 43.7 Å². The number of imide groups is 1. The number of aromatic nitrogens is 1.